The fourth-order valence-corrected chi connectivity index (χ4v) is 4.22. The highest BCUT2D eigenvalue weighted by Gasteiger charge is 2.25. The van der Waals surface area contributed by atoms with Gasteiger partial charge >= 0.3 is 5.97 Å². The van der Waals surface area contributed by atoms with Crippen LogP contribution in [0.5, 0.6) is 0 Å². The maximum absolute atomic E-state index is 11.0. The molecule has 1 aliphatic rings. The van der Waals surface area contributed by atoms with E-state index in [0.29, 0.717) is 16.9 Å². The van der Waals surface area contributed by atoms with E-state index >= 15 is 0 Å². The number of para-hydroxylation sites is 1. The Morgan fingerprint density at radius 3 is 2.45 bits per heavy atom. The second kappa shape index (κ2) is 7.37. The number of carboxylic acid groups (broad SMARTS) is 1. The number of nitrogens with one attached hydrogen (secondary N) is 1. The number of nitrogens with zero attached hydrogens (tertiary/aromatic N) is 2. The van der Waals surface area contributed by atoms with Gasteiger partial charge in [-0.25, -0.2) is 9.97 Å². The average molecular weight is 401 g/mol. The lowest BCUT2D eigenvalue weighted by atomic mass is 9.99. The molecule has 1 aliphatic carbocycles. The van der Waals surface area contributed by atoms with E-state index < -0.39 is 5.97 Å². The predicted octanol–water partition coefficient (Wildman–Crippen LogP) is 5.58. The second-order valence-electron chi connectivity index (χ2n) is 7.20. The highest BCUT2D eigenvalue weighted by atomic mass is 32.2. The summed E-state index contributed by atoms with van der Waals surface area (Å²) in [5, 5.41) is 16.3. The minimum Gasteiger partial charge on any atom is -0.481 e. The van der Waals surface area contributed by atoms with E-state index in [1.807, 2.05) is 24.3 Å². The summed E-state index contributed by atoms with van der Waals surface area (Å²) in [5.74, 6) is 0.403. The molecule has 0 bridgehead atoms. The second-order valence-corrected chi connectivity index (χ2v) is 8.14. The van der Waals surface area contributed by atoms with E-state index in [4.69, 9.17) is 5.11 Å². The molecule has 0 atom stereocenters. The van der Waals surface area contributed by atoms with Crippen molar-refractivity contribution in [3.63, 3.8) is 0 Å². The summed E-state index contributed by atoms with van der Waals surface area (Å²) in [4.78, 5) is 20.1. The Bertz CT molecular complexity index is 1240. The molecular weight excluding hydrogens is 382 g/mol. The largest absolute Gasteiger partial charge is 0.481 e. The maximum Gasteiger partial charge on any atom is 0.313 e. The molecule has 1 fully saturated rings. The molecular formula is C23H19N3O2S. The predicted molar refractivity (Wildman–Crippen MR) is 117 cm³/mol. The van der Waals surface area contributed by atoms with Crippen molar-refractivity contribution in [2.24, 2.45) is 0 Å². The summed E-state index contributed by atoms with van der Waals surface area (Å²) < 4.78 is 0. The van der Waals surface area contributed by atoms with Gasteiger partial charge in [-0.3, -0.25) is 4.79 Å². The highest BCUT2D eigenvalue weighted by molar-refractivity contribution is 7.99. The fraction of sp³-hybridized carbons (Fsp3) is 0.174. The molecule has 2 N–H and O–H groups in total. The summed E-state index contributed by atoms with van der Waals surface area (Å²) in [6.07, 6.45) is 2.52. The van der Waals surface area contributed by atoms with E-state index in [9.17, 15) is 4.79 Å². The third-order valence-corrected chi connectivity index (χ3v) is 5.97. The zero-order chi connectivity index (χ0) is 19.8. The van der Waals surface area contributed by atoms with Gasteiger partial charge in [0.15, 0.2) is 5.16 Å². The first kappa shape index (κ1) is 17.9. The number of hydrogen-bond acceptors (Lipinski definition) is 5. The van der Waals surface area contributed by atoms with Crippen LogP contribution in [0.1, 0.15) is 24.3 Å². The van der Waals surface area contributed by atoms with Crippen LogP contribution in [0.2, 0.25) is 0 Å². The van der Waals surface area contributed by atoms with Gasteiger partial charge in [0.25, 0.3) is 0 Å². The van der Waals surface area contributed by atoms with Gasteiger partial charge in [0, 0.05) is 16.5 Å². The molecule has 144 valence electrons. The Kier molecular flexibility index (Phi) is 4.56. The number of hydrogen-bond donors (Lipinski definition) is 2. The molecule has 3 aromatic carbocycles. The number of aliphatic carboxylic acids is 1. The summed E-state index contributed by atoms with van der Waals surface area (Å²) in [7, 11) is 0. The minimum atomic E-state index is -0.886. The Morgan fingerprint density at radius 2 is 1.69 bits per heavy atom. The van der Waals surface area contributed by atoms with Crippen LogP contribution in [-0.4, -0.2) is 26.8 Å². The van der Waals surface area contributed by atoms with Crippen molar-refractivity contribution in [2.45, 2.75) is 23.9 Å². The van der Waals surface area contributed by atoms with Crippen LogP contribution < -0.4 is 5.32 Å². The third-order valence-electron chi connectivity index (χ3n) is 5.14. The number of anilines is 2. The molecule has 1 heterocycles. The van der Waals surface area contributed by atoms with Crippen molar-refractivity contribution in [1.29, 1.82) is 0 Å². The van der Waals surface area contributed by atoms with Crippen LogP contribution in [0.3, 0.4) is 0 Å². The Labute approximate surface area is 172 Å². The first-order chi connectivity index (χ1) is 14.2. The van der Waals surface area contributed by atoms with Gasteiger partial charge in [-0.2, -0.15) is 0 Å². The molecule has 1 aromatic heterocycles. The number of rotatable bonds is 6. The monoisotopic (exact) mass is 401 g/mol. The summed E-state index contributed by atoms with van der Waals surface area (Å²) in [6.45, 7) is 0. The van der Waals surface area contributed by atoms with E-state index in [2.05, 4.69) is 51.7 Å². The quantitative estimate of drug-likeness (QED) is 0.324. The van der Waals surface area contributed by atoms with Crippen LogP contribution >= 0.6 is 11.8 Å². The lowest BCUT2D eigenvalue weighted by molar-refractivity contribution is -0.133. The zero-order valence-electron chi connectivity index (χ0n) is 15.6. The van der Waals surface area contributed by atoms with Gasteiger partial charge in [-0.1, -0.05) is 54.2 Å². The molecule has 0 amide bonds. The number of aromatic nitrogens is 2. The summed E-state index contributed by atoms with van der Waals surface area (Å²) in [6, 6.07) is 20.6. The van der Waals surface area contributed by atoms with E-state index in [1.165, 1.54) is 29.2 Å². The topological polar surface area (TPSA) is 75.1 Å². The number of carboxylic acids is 1. The molecule has 0 spiro atoms. The van der Waals surface area contributed by atoms with E-state index in [1.54, 1.807) is 0 Å². The molecule has 0 aliphatic heterocycles. The lowest BCUT2D eigenvalue weighted by Crippen LogP contribution is -2.02. The van der Waals surface area contributed by atoms with Gasteiger partial charge < -0.3 is 10.4 Å². The lowest BCUT2D eigenvalue weighted by Gasteiger charge is -2.14. The Hall–Kier alpha value is -3.12. The fourth-order valence-electron chi connectivity index (χ4n) is 3.65. The van der Waals surface area contributed by atoms with Crippen LogP contribution in [0.25, 0.3) is 21.7 Å². The van der Waals surface area contributed by atoms with Crippen LogP contribution in [0.15, 0.2) is 65.8 Å². The van der Waals surface area contributed by atoms with Crippen LogP contribution in [-0.2, 0) is 4.79 Å². The summed E-state index contributed by atoms with van der Waals surface area (Å²) in [5.41, 5.74) is 3.19. The number of benzene rings is 3. The van der Waals surface area contributed by atoms with Crippen LogP contribution in [0, 0.1) is 0 Å². The van der Waals surface area contributed by atoms with Crippen molar-refractivity contribution in [3.8, 4) is 0 Å². The normalized spacial score (nSPS) is 13.7. The average Bonchev–Trinajstić information content (AvgIpc) is 3.58. The smallest absolute Gasteiger partial charge is 0.313 e. The van der Waals surface area contributed by atoms with Gasteiger partial charge in [0.05, 0.1) is 11.3 Å². The van der Waals surface area contributed by atoms with Crippen molar-refractivity contribution < 1.29 is 9.90 Å². The maximum atomic E-state index is 11.0. The van der Waals surface area contributed by atoms with Crippen molar-refractivity contribution >= 4 is 50.9 Å². The highest BCUT2D eigenvalue weighted by Crippen LogP contribution is 2.44. The Balaban J connectivity index is 1.59. The number of thioether (sulfide) groups is 1. The third kappa shape index (κ3) is 3.63. The van der Waals surface area contributed by atoms with Gasteiger partial charge in [-0.15, -0.1) is 0 Å². The van der Waals surface area contributed by atoms with Gasteiger partial charge in [0.1, 0.15) is 5.82 Å². The van der Waals surface area contributed by atoms with Crippen molar-refractivity contribution in [1.82, 2.24) is 9.97 Å². The number of fused-ring (bicyclic) bond motifs is 2. The molecule has 0 saturated heterocycles. The molecule has 6 heteroatoms. The molecule has 5 nitrogen and oxygen atoms in total. The van der Waals surface area contributed by atoms with Gasteiger partial charge in [0.2, 0.25) is 0 Å². The molecule has 5 rings (SSSR count). The van der Waals surface area contributed by atoms with Gasteiger partial charge in [-0.05, 0) is 47.9 Å². The summed E-state index contributed by atoms with van der Waals surface area (Å²) >= 11 is 1.12. The first-order valence-corrected chi connectivity index (χ1v) is 10.6. The standard InChI is InChI=1S/C23H19N3O2S/c27-21(28)13-29-23-25-19-8-4-3-7-18(19)22(26-23)24-20-12-11-15(14-9-10-14)16-5-1-2-6-17(16)20/h1-8,11-12,14H,9-10,13H2,(H,27,28)(H,24,25,26). The molecule has 0 radical (unpaired) electrons. The molecule has 1 saturated carbocycles. The number of carbonyl (C=O) groups is 1. The molecule has 29 heavy (non-hydrogen) atoms. The minimum absolute atomic E-state index is 0.0726. The SMILES string of the molecule is O=C(O)CSc1nc(Nc2ccc(C3CC3)c3ccccc23)c2ccccc2n1. The Morgan fingerprint density at radius 1 is 0.966 bits per heavy atom. The van der Waals surface area contributed by atoms with E-state index in [0.717, 1.165) is 28.4 Å². The van der Waals surface area contributed by atoms with Crippen LogP contribution in [0.4, 0.5) is 11.5 Å². The first-order valence-electron chi connectivity index (χ1n) is 9.59. The van der Waals surface area contributed by atoms with Crippen molar-refractivity contribution in [3.05, 3.63) is 66.2 Å². The van der Waals surface area contributed by atoms with Crippen molar-refractivity contribution in [2.75, 3.05) is 11.1 Å². The molecule has 0 unspecified atom stereocenters. The van der Waals surface area contributed by atoms with E-state index in [-0.39, 0.29) is 5.75 Å². The zero-order valence-corrected chi connectivity index (χ0v) is 16.4. The molecule has 4 aromatic rings.